The van der Waals surface area contributed by atoms with Gasteiger partial charge >= 0.3 is 0 Å². The minimum Gasteiger partial charge on any atom is -0.381 e. The monoisotopic (exact) mass is 217 g/mol. The minimum atomic E-state index is 0.441. The Morgan fingerprint density at radius 3 is 2.81 bits per heavy atom. The summed E-state index contributed by atoms with van der Waals surface area (Å²) in [6, 6.07) is 8.19. The molecule has 2 rings (SSSR count). The first kappa shape index (κ1) is 11.1. The summed E-state index contributed by atoms with van der Waals surface area (Å²) in [6.45, 7) is 2.10. The normalized spacial score (nSPS) is 16.8. The highest BCUT2D eigenvalue weighted by Crippen LogP contribution is 2.29. The third-order valence-electron chi connectivity index (χ3n) is 3.03. The van der Waals surface area contributed by atoms with E-state index in [2.05, 4.69) is 11.1 Å². The average Bonchev–Trinajstić information content (AvgIpc) is 2.38. The van der Waals surface area contributed by atoms with E-state index in [1.165, 1.54) is 5.56 Å². The first-order valence-electron chi connectivity index (χ1n) is 5.61. The van der Waals surface area contributed by atoms with Crippen LogP contribution in [0.4, 0.5) is 0 Å². The van der Waals surface area contributed by atoms with E-state index >= 15 is 0 Å². The molecule has 3 heteroatoms. The fraction of sp³-hybridized carbons (Fsp3) is 0.462. The third-order valence-corrected chi connectivity index (χ3v) is 3.03. The van der Waals surface area contributed by atoms with Gasteiger partial charge in [0, 0.05) is 13.2 Å². The molecular weight excluding hydrogens is 202 g/mol. The van der Waals surface area contributed by atoms with Crippen LogP contribution >= 0.6 is 0 Å². The van der Waals surface area contributed by atoms with E-state index in [4.69, 9.17) is 4.74 Å². The fourth-order valence-electron chi connectivity index (χ4n) is 2.20. The van der Waals surface area contributed by atoms with Crippen molar-refractivity contribution in [1.29, 1.82) is 0 Å². The Labute approximate surface area is 95.2 Å². The standard InChI is InChI=1S/C13H15NO2/c15-10-14-9-12-3-1-2-4-13(12)11-5-7-16-8-6-11/h1-4,11H,5-9H2. The van der Waals surface area contributed by atoms with E-state index in [9.17, 15) is 4.79 Å². The van der Waals surface area contributed by atoms with Crippen LogP contribution in [-0.4, -0.2) is 19.3 Å². The van der Waals surface area contributed by atoms with Gasteiger partial charge in [-0.05, 0) is 29.9 Å². The van der Waals surface area contributed by atoms with Crippen molar-refractivity contribution in [2.45, 2.75) is 25.3 Å². The molecule has 0 unspecified atom stereocenters. The molecule has 1 fully saturated rings. The minimum absolute atomic E-state index is 0.441. The Balaban J connectivity index is 2.20. The summed E-state index contributed by atoms with van der Waals surface area (Å²) >= 11 is 0. The summed E-state index contributed by atoms with van der Waals surface area (Å²) in [4.78, 5) is 13.8. The number of hydrogen-bond acceptors (Lipinski definition) is 3. The summed E-state index contributed by atoms with van der Waals surface area (Å²) < 4.78 is 5.36. The Hall–Kier alpha value is -1.44. The highest BCUT2D eigenvalue weighted by atomic mass is 16.5. The molecule has 1 aliphatic rings. The quantitative estimate of drug-likeness (QED) is 0.576. The molecule has 1 saturated heterocycles. The zero-order valence-electron chi connectivity index (χ0n) is 9.19. The SMILES string of the molecule is O=C=NCc1ccccc1C1CCOCC1. The lowest BCUT2D eigenvalue weighted by molar-refractivity contribution is 0.0852. The predicted octanol–water partition coefficient (Wildman–Crippen LogP) is 2.42. The van der Waals surface area contributed by atoms with E-state index in [1.54, 1.807) is 6.08 Å². The van der Waals surface area contributed by atoms with Crippen molar-refractivity contribution in [3.05, 3.63) is 35.4 Å². The van der Waals surface area contributed by atoms with E-state index in [-0.39, 0.29) is 0 Å². The van der Waals surface area contributed by atoms with Crippen LogP contribution in [0.1, 0.15) is 29.9 Å². The lowest BCUT2D eigenvalue weighted by atomic mass is 9.88. The van der Waals surface area contributed by atoms with Gasteiger partial charge in [-0.25, -0.2) is 9.79 Å². The van der Waals surface area contributed by atoms with Crippen molar-refractivity contribution in [1.82, 2.24) is 0 Å². The van der Waals surface area contributed by atoms with Crippen LogP contribution in [0.3, 0.4) is 0 Å². The molecule has 1 heterocycles. The smallest absolute Gasteiger partial charge is 0.235 e. The van der Waals surface area contributed by atoms with Gasteiger partial charge in [-0.15, -0.1) is 0 Å². The second kappa shape index (κ2) is 5.59. The van der Waals surface area contributed by atoms with Crippen molar-refractivity contribution in [2.24, 2.45) is 4.99 Å². The van der Waals surface area contributed by atoms with Gasteiger partial charge in [-0.2, -0.15) is 0 Å². The molecule has 0 aliphatic carbocycles. The van der Waals surface area contributed by atoms with E-state index in [1.807, 2.05) is 18.2 Å². The predicted molar refractivity (Wildman–Crippen MR) is 61.1 cm³/mol. The Bertz CT molecular complexity index is 391. The van der Waals surface area contributed by atoms with E-state index < -0.39 is 0 Å². The highest BCUT2D eigenvalue weighted by molar-refractivity contribution is 5.36. The van der Waals surface area contributed by atoms with Crippen molar-refractivity contribution in [3.63, 3.8) is 0 Å². The van der Waals surface area contributed by atoms with Crippen LogP contribution in [0.5, 0.6) is 0 Å². The molecule has 0 atom stereocenters. The maximum Gasteiger partial charge on any atom is 0.235 e. The van der Waals surface area contributed by atoms with Gasteiger partial charge in [0.2, 0.25) is 6.08 Å². The van der Waals surface area contributed by atoms with Crippen LogP contribution < -0.4 is 0 Å². The third kappa shape index (κ3) is 2.57. The maximum absolute atomic E-state index is 10.2. The van der Waals surface area contributed by atoms with Crippen LogP contribution in [0.2, 0.25) is 0 Å². The first-order chi connectivity index (χ1) is 7.92. The molecule has 1 aromatic carbocycles. The Kier molecular flexibility index (Phi) is 3.86. The lowest BCUT2D eigenvalue weighted by Gasteiger charge is -2.24. The molecule has 1 aromatic rings. The Morgan fingerprint density at radius 1 is 1.31 bits per heavy atom. The van der Waals surface area contributed by atoms with Crippen LogP contribution in [0.25, 0.3) is 0 Å². The zero-order valence-corrected chi connectivity index (χ0v) is 9.19. The second-order valence-electron chi connectivity index (χ2n) is 3.99. The second-order valence-corrected chi connectivity index (χ2v) is 3.99. The number of aliphatic imine (C=N–C) groups is 1. The van der Waals surface area contributed by atoms with Gasteiger partial charge in [0.25, 0.3) is 0 Å². The van der Waals surface area contributed by atoms with Crippen LogP contribution in [-0.2, 0) is 16.1 Å². The molecule has 0 saturated carbocycles. The number of benzene rings is 1. The van der Waals surface area contributed by atoms with Gasteiger partial charge in [0.15, 0.2) is 0 Å². The number of nitrogens with zero attached hydrogens (tertiary/aromatic N) is 1. The molecular formula is C13H15NO2. The number of hydrogen-bond donors (Lipinski definition) is 0. The molecule has 0 spiro atoms. The van der Waals surface area contributed by atoms with Gasteiger partial charge in [-0.1, -0.05) is 24.3 Å². The summed E-state index contributed by atoms with van der Waals surface area (Å²) in [5, 5.41) is 0. The molecule has 0 amide bonds. The van der Waals surface area contributed by atoms with E-state index in [0.717, 1.165) is 31.6 Å². The molecule has 0 radical (unpaired) electrons. The molecule has 3 nitrogen and oxygen atoms in total. The molecule has 0 N–H and O–H groups in total. The van der Waals surface area contributed by atoms with Crippen molar-refractivity contribution >= 4 is 6.08 Å². The van der Waals surface area contributed by atoms with E-state index in [0.29, 0.717) is 12.5 Å². The number of carbonyl (C=O) groups excluding carboxylic acids is 1. The van der Waals surface area contributed by atoms with Gasteiger partial charge in [0.1, 0.15) is 0 Å². The van der Waals surface area contributed by atoms with Crippen LogP contribution in [0.15, 0.2) is 29.3 Å². The van der Waals surface area contributed by atoms with Crippen molar-refractivity contribution < 1.29 is 9.53 Å². The van der Waals surface area contributed by atoms with Gasteiger partial charge < -0.3 is 4.74 Å². The molecule has 84 valence electrons. The van der Waals surface area contributed by atoms with Gasteiger partial charge in [-0.3, -0.25) is 0 Å². The summed E-state index contributed by atoms with van der Waals surface area (Å²) in [6.07, 6.45) is 3.71. The topological polar surface area (TPSA) is 38.7 Å². The summed E-state index contributed by atoms with van der Waals surface area (Å²) in [5.41, 5.74) is 2.45. The van der Waals surface area contributed by atoms with Crippen LogP contribution in [0, 0.1) is 0 Å². The average molecular weight is 217 g/mol. The Morgan fingerprint density at radius 2 is 2.06 bits per heavy atom. The largest absolute Gasteiger partial charge is 0.381 e. The summed E-state index contributed by atoms with van der Waals surface area (Å²) in [7, 11) is 0. The number of isocyanates is 1. The first-order valence-corrected chi connectivity index (χ1v) is 5.61. The molecule has 0 bridgehead atoms. The van der Waals surface area contributed by atoms with Crippen molar-refractivity contribution in [2.75, 3.05) is 13.2 Å². The van der Waals surface area contributed by atoms with Gasteiger partial charge in [0.05, 0.1) is 6.54 Å². The molecule has 1 aliphatic heterocycles. The maximum atomic E-state index is 10.2. The zero-order chi connectivity index (χ0) is 11.2. The number of ether oxygens (including phenoxy) is 1. The molecule has 16 heavy (non-hydrogen) atoms. The fourth-order valence-corrected chi connectivity index (χ4v) is 2.20. The highest BCUT2D eigenvalue weighted by Gasteiger charge is 2.17. The van der Waals surface area contributed by atoms with Crippen molar-refractivity contribution in [3.8, 4) is 0 Å². The number of rotatable bonds is 3. The lowest BCUT2D eigenvalue weighted by Crippen LogP contribution is -2.15. The molecule has 0 aromatic heterocycles. The summed E-state index contributed by atoms with van der Waals surface area (Å²) in [5.74, 6) is 0.548.